The maximum atomic E-state index is 13.8. The van der Waals surface area contributed by atoms with Gasteiger partial charge in [0.1, 0.15) is 11.6 Å². The van der Waals surface area contributed by atoms with E-state index in [-0.39, 0.29) is 23.0 Å². The molecule has 1 aromatic carbocycles. The van der Waals surface area contributed by atoms with Gasteiger partial charge in [0, 0.05) is 5.56 Å². The van der Waals surface area contributed by atoms with Crippen LogP contribution in [0.3, 0.4) is 0 Å². The van der Waals surface area contributed by atoms with Crippen molar-refractivity contribution in [1.29, 1.82) is 0 Å². The molecule has 0 aliphatic heterocycles. The van der Waals surface area contributed by atoms with E-state index in [9.17, 15) is 13.9 Å². The Balaban J connectivity index is 2.73. The van der Waals surface area contributed by atoms with E-state index in [1.54, 1.807) is 0 Å². The van der Waals surface area contributed by atoms with Crippen LogP contribution in [0.2, 0.25) is 0 Å². The number of rotatable bonds is 0. The number of halogens is 2. The van der Waals surface area contributed by atoms with E-state index in [1.807, 2.05) is 13.8 Å². The lowest BCUT2D eigenvalue weighted by atomic mass is 9.95. The Morgan fingerprint density at radius 2 is 1.80 bits per heavy atom. The molecule has 0 aromatic heterocycles. The molecule has 0 fully saturated rings. The largest absolute Gasteiger partial charge is 0.388 e. The van der Waals surface area contributed by atoms with Crippen LogP contribution in [0, 0.1) is 24.5 Å². The highest BCUT2D eigenvalue weighted by atomic mass is 19.1. The summed E-state index contributed by atoms with van der Waals surface area (Å²) >= 11 is 0. The van der Waals surface area contributed by atoms with Gasteiger partial charge in [0.15, 0.2) is 0 Å². The predicted octanol–water partition coefficient (Wildman–Crippen LogP) is 3.06. The van der Waals surface area contributed by atoms with Crippen molar-refractivity contribution in [3.8, 4) is 0 Å². The zero-order valence-corrected chi connectivity index (χ0v) is 9.01. The van der Waals surface area contributed by atoms with Gasteiger partial charge in [0.2, 0.25) is 0 Å². The number of benzene rings is 1. The molecule has 0 saturated heterocycles. The van der Waals surface area contributed by atoms with Gasteiger partial charge in [-0.2, -0.15) is 0 Å². The first kappa shape index (κ1) is 10.6. The quantitative estimate of drug-likeness (QED) is 0.700. The second kappa shape index (κ2) is 3.27. The second-order valence-corrected chi connectivity index (χ2v) is 4.41. The predicted molar refractivity (Wildman–Crippen MR) is 53.6 cm³/mol. The van der Waals surface area contributed by atoms with Crippen molar-refractivity contribution in [3.63, 3.8) is 0 Å². The third-order valence-corrected chi connectivity index (χ3v) is 3.51. The molecule has 1 aromatic rings. The molecule has 3 atom stereocenters. The molecule has 1 nitrogen and oxygen atoms in total. The van der Waals surface area contributed by atoms with Crippen molar-refractivity contribution in [3.05, 3.63) is 34.4 Å². The number of fused-ring (bicyclic) bond motifs is 1. The third-order valence-electron chi connectivity index (χ3n) is 3.51. The molecule has 0 bridgehead atoms. The van der Waals surface area contributed by atoms with Crippen LogP contribution in [0.5, 0.6) is 0 Å². The van der Waals surface area contributed by atoms with Crippen molar-refractivity contribution in [1.82, 2.24) is 0 Å². The van der Waals surface area contributed by atoms with Crippen molar-refractivity contribution in [2.24, 2.45) is 5.92 Å². The first-order valence-electron chi connectivity index (χ1n) is 5.11. The average Bonchev–Trinajstić information content (AvgIpc) is 2.40. The average molecular weight is 212 g/mol. The molecule has 3 unspecified atom stereocenters. The molecule has 1 aliphatic carbocycles. The van der Waals surface area contributed by atoms with E-state index >= 15 is 0 Å². The lowest BCUT2D eigenvalue weighted by Gasteiger charge is -2.12. The molecule has 0 spiro atoms. The minimum Gasteiger partial charge on any atom is -0.388 e. The van der Waals surface area contributed by atoms with Crippen molar-refractivity contribution in [2.75, 3.05) is 0 Å². The van der Waals surface area contributed by atoms with E-state index < -0.39 is 17.7 Å². The van der Waals surface area contributed by atoms with Gasteiger partial charge in [-0.05, 0) is 36.0 Å². The van der Waals surface area contributed by atoms with Gasteiger partial charge in [-0.25, -0.2) is 8.78 Å². The van der Waals surface area contributed by atoms with Crippen LogP contribution in [0.1, 0.15) is 42.6 Å². The van der Waals surface area contributed by atoms with E-state index in [1.165, 1.54) is 13.0 Å². The summed E-state index contributed by atoms with van der Waals surface area (Å²) < 4.78 is 27.4. The Bertz CT molecular complexity index is 415. The lowest BCUT2D eigenvalue weighted by Crippen LogP contribution is -2.05. The number of hydrogen-bond donors (Lipinski definition) is 1. The summed E-state index contributed by atoms with van der Waals surface area (Å²) in [4.78, 5) is 0. The van der Waals surface area contributed by atoms with E-state index in [0.717, 1.165) is 0 Å². The normalized spacial score (nSPS) is 29.3. The van der Waals surface area contributed by atoms with Gasteiger partial charge < -0.3 is 5.11 Å². The summed E-state index contributed by atoms with van der Waals surface area (Å²) in [7, 11) is 0. The van der Waals surface area contributed by atoms with Crippen LogP contribution in [0.15, 0.2) is 6.07 Å². The zero-order chi connectivity index (χ0) is 11.3. The van der Waals surface area contributed by atoms with Crippen LogP contribution >= 0.6 is 0 Å². The Hall–Kier alpha value is -0.960. The van der Waals surface area contributed by atoms with Gasteiger partial charge >= 0.3 is 0 Å². The molecule has 1 N–H and O–H groups in total. The Morgan fingerprint density at radius 3 is 2.40 bits per heavy atom. The molecule has 0 heterocycles. The molecule has 82 valence electrons. The molecule has 1 aliphatic rings. The highest BCUT2D eigenvalue weighted by molar-refractivity contribution is 5.42. The molecule has 3 heteroatoms. The Morgan fingerprint density at radius 1 is 1.20 bits per heavy atom. The van der Waals surface area contributed by atoms with Gasteiger partial charge in [-0.1, -0.05) is 13.8 Å². The standard InChI is InChI=1S/C12H14F2O/c1-5-4-8(13)9-6(2)7(3)12(15)10(9)11(5)14/h4,6-7,12,15H,1-3H3. The zero-order valence-electron chi connectivity index (χ0n) is 9.01. The van der Waals surface area contributed by atoms with Crippen molar-refractivity contribution >= 4 is 0 Å². The molecular formula is C12H14F2O. The summed E-state index contributed by atoms with van der Waals surface area (Å²) in [5.41, 5.74) is 0.761. The maximum absolute atomic E-state index is 13.8. The summed E-state index contributed by atoms with van der Waals surface area (Å²) in [6.07, 6.45) is -0.885. The maximum Gasteiger partial charge on any atom is 0.132 e. The second-order valence-electron chi connectivity index (χ2n) is 4.41. The fraction of sp³-hybridized carbons (Fsp3) is 0.500. The highest BCUT2D eigenvalue weighted by Crippen LogP contribution is 2.47. The SMILES string of the molecule is Cc1cc(F)c2c(c1F)C(O)C(C)C2C. The fourth-order valence-corrected chi connectivity index (χ4v) is 2.34. The minimum absolute atomic E-state index is 0.134. The van der Waals surface area contributed by atoms with Crippen molar-refractivity contribution in [2.45, 2.75) is 32.8 Å². The summed E-state index contributed by atoms with van der Waals surface area (Å²) in [5, 5.41) is 9.84. The van der Waals surface area contributed by atoms with Gasteiger partial charge in [0.05, 0.1) is 6.10 Å². The number of aryl methyl sites for hydroxylation is 1. The Kier molecular flexibility index (Phi) is 2.30. The Labute approximate surface area is 87.7 Å². The van der Waals surface area contributed by atoms with Crippen LogP contribution in [0.4, 0.5) is 8.78 Å². The minimum atomic E-state index is -0.885. The number of aliphatic hydroxyl groups is 1. The molecule has 0 radical (unpaired) electrons. The van der Waals surface area contributed by atoms with Gasteiger partial charge in [0.25, 0.3) is 0 Å². The highest BCUT2D eigenvalue weighted by Gasteiger charge is 2.39. The van der Waals surface area contributed by atoms with Crippen LogP contribution in [-0.4, -0.2) is 5.11 Å². The smallest absolute Gasteiger partial charge is 0.132 e. The van der Waals surface area contributed by atoms with Gasteiger partial charge in [-0.15, -0.1) is 0 Å². The third kappa shape index (κ3) is 1.29. The first-order chi connectivity index (χ1) is 6.95. The van der Waals surface area contributed by atoms with Crippen LogP contribution < -0.4 is 0 Å². The summed E-state index contributed by atoms with van der Waals surface area (Å²) in [6, 6.07) is 1.20. The van der Waals surface area contributed by atoms with Crippen molar-refractivity contribution < 1.29 is 13.9 Å². The topological polar surface area (TPSA) is 20.2 Å². The van der Waals surface area contributed by atoms with Crippen LogP contribution in [-0.2, 0) is 0 Å². The summed E-state index contributed by atoms with van der Waals surface area (Å²) in [5.74, 6) is -1.13. The monoisotopic (exact) mass is 212 g/mol. The molecule has 0 amide bonds. The summed E-state index contributed by atoms with van der Waals surface area (Å²) in [6.45, 7) is 5.14. The first-order valence-corrected chi connectivity index (χ1v) is 5.11. The molecule has 0 saturated carbocycles. The molecule has 15 heavy (non-hydrogen) atoms. The molecule has 2 rings (SSSR count). The van der Waals surface area contributed by atoms with Crippen LogP contribution in [0.25, 0.3) is 0 Å². The fourth-order valence-electron chi connectivity index (χ4n) is 2.34. The lowest BCUT2D eigenvalue weighted by molar-refractivity contribution is 0.120. The number of aliphatic hydroxyl groups excluding tert-OH is 1. The van der Waals surface area contributed by atoms with E-state index in [4.69, 9.17) is 0 Å². The van der Waals surface area contributed by atoms with Gasteiger partial charge in [-0.3, -0.25) is 0 Å². The molecular weight excluding hydrogens is 198 g/mol. The van der Waals surface area contributed by atoms with E-state index in [0.29, 0.717) is 5.56 Å². The van der Waals surface area contributed by atoms with E-state index in [2.05, 4.69) is 0 Å². The number of hydrogen-bond acceptors (Lipinski definition) is 1.